The van der Waals surface area contributed by atoms with E-state index in [-0.39, 0.29) is 10.9 Å². The van der Waals surface area contributed by atoms with Gasteiger partial charge in [-0.1, -0.05) is 18.7 Å². The van der Waals surface area contributed by atoms with Gasteiger partial charge in [0, 0.05) is 17.9 Å². The molecule has 2 heterocycles. The molecule has 0 radical (unpaired) electrons. The van der Waals surface area contributed by atoms with Crippen LogP contribution in [0.5, 0.6) is 0 Å². The Morgan fingerprint density at radius 1 is 1.38 bits per heavy atom. The molecule has 130 valence electrons. The molecule has 8 heteroatoms. The monoisotopic (exact) mass is 369 g/mol. The summed E-state index contributed by atoms with van der Waals surface area (Å²) in [5.74, 6) is -2.63. The van der Waals surface area contributed by atoms with Gasteiger partial charge >= 0.3 is 11.9 Å². The molecule has 1 saturated heterocycles. The molecular formula is C16H19NO5S2. The Morgan fingerprint density at radius 3 is 2.67 bits per heavy atom. The smallest absolute Gasteiger partial charge is 0.330 e. The van der Waals surface area contributed by atoms with E-state index in [1.807, 2.05) is 0 Å². The van der Waals surface area contributed by atoms with Gasteiger partial charge in [0.25, 0.3) is 0 Å². The maximum absolute atomic E-state index is 12.6. The average molecular weight is 369 g/mol. The SMILES string of the molecule is CC(=O)SC(C(=O)c1ccsc1)C(C)C(=O)OC(=O)[C@@H]1CCCN1. The molecule has 0 saturated carbocycles. The number of ketones is 1. The minimum absolute atomic E-state index is 0.271. The van der Waals surface area contributed by atoms with Crippen LogP contribution in [0.25, 0.3) is 0 Å². The first-order valence-corrected chi connectivity index (χ1v) is 9.45. The average Bonchev–Trinajstić information content (AvgIpc) is 3.23. The van der Waals surface area contributed by atoms with Crippen LogP contribution in [0.1, 0.15) is 37.0 Å². The highest BCUT2D eigenvalue weighted by molar-refractivity contribution is 8.14. The van der Waals surface area contributed by atoms with Gasteiger partial charge in [-0.2, -0.15) is 11.3 Å². The summed E-state index contributed by atoms with van der Waals surface area (Å²) in [6.45, 7) is 3.55. The van der Waals surface area contributed by atoms with Gasteiger partial charge in [-0.3, -0.25) is 14.4 Å². The van der Waals surface area contributed by atoms with Crippen molar-refractivity contribution >= 4 is 45.9 Å². The molecule has 0 bridgehead atoms. The summed E-state index contributed by atoms with van der Waals surface area (Å²) in [5, 5.41) is 5.20. The molecule has 1 aliphatic rings. The molecule has 1 fully saturated rings. The lowest BCUT2D eigenvalue weighted by molar-refractivity contribution is -0.163. The van der Waals surface area contributed by atoms with Crippen molar-refractivity contribution in [3.05, 3.63) is 22.4 Å². The summed E-state index contributed by atoms with van der Waals surface area (Å²) in [6, 6.07) is 1.17. The zero-order valence-electron chi connectivity index (χ0n) is 13.4. The summed E-state index contributed by atoms with van der Waals surface area (Å²) < 4.78 is 4.91. The summed E-state index contributed by atoms with van der Waals surface area (Å²) in [6.07, 6.45) is 1.48. The van der Waals surface area contributed by atoms with Crippen molar-refractivity contribution in [1.82, 2.24) is 5.32 Å². The van der Waals surface area contributed by atoms with E-state index >= 15 is 0 Å². The van der Waals surface area contributed by atoms with Crippen LogP contribution in [0.2, 0.25) is 0 Å². The highest BCUT2D eigenvalue weighted by Gasteiger charge is 2.36. The van der Waals surface area contributed by atoms with Crippen molar-refractivity contribution in [2.24, 2.45) is 5.92 Å². The summed E-state index contributed by atoms with van der Waals surface area (Å²) in [5.41, 5.74) is 0.446. The van der Waals surface area contributed by atoms with E-state index in [1.54, 1.807) is 16.8 Å². The molecule has 0 spiro atoms. The van der Waals surface area contributed by atoms with Gasteiger partial charge in [0.05, 0.1) is 11.2 Å². The van der Waals surface area contributed by atoms with Crippen LogP contribution < -0.4 is 5.32 Å². The largest absolute Gasteiger partial charge is 0.392 e. The van der Waals surface area contributed by atoms with E-state index in [0.717, 1.165) is 18.2 Å². The number of nitrogens with one attached hydrogen (secondary N) is 1. The predicted octanol–water partition coefficient (Wildman–Crippen LogP) is 2.04. The second-order valence-electron chi connectivity index (χ2n) is 5.58. The second kappa shape index (κ2) is 8.55. The first-order valence-electron chi connectivity index (χ1n) is 7.62. The van der Waals surface area contributed by atoms with Crippen LogP contribution >= 0.6 is 23.1 Å². The van der Waals surface area contributed by atoms with Gasteiger partial charge < -0.3 is 10.1 Å². The molecule has 3 atom stereocenters. The van der Waals surface area contributed by atoms with Gasteiger partial charge in [-0.05, 0) is 30.8 Å². The zero-order valence-corrected chi connectivity index (χ0v) is 15.1. The van der Waals surface area contributed by atoms with E-state index in [9.17, 15) is 19.2 Å². The van der Waals surface area contributed by atoms with Crippen molar-refractivity contribution in [3.63, 3.8) is 0 Å². The number of carbonyl (C=O) groups is 4. The number of thiophene rings is 1. The molecule has 1 aromatic heterocycles. The highest BCUT2D eigenvalue weighted by Crippen LogP contribution is 2.27. The van der Waals surface area contributed by atoms with Crippen molar-refractivity contribution in [2.45, 2.75) is 38.0 Å². The number of thioether (sulfide) groups is 1. The lowest BCUT2D eigenvalue weighted by atomic mass is 10.0. The fourth-order valence-electron chi connectivity index (χ4n) is 2.40. The molecular weight excluding hydrogens is 350 g/mol. The van der Waals surface area contributed by atoms with E-state index in [2.05, 4.69) is 5.32 Å². The summed E-state index contributed by atoms with van der Waals surface area (Å²) >= 11 is 2.15. The zero-order chi connectivity index (χ0) is 17.7. The third-order valence-electron chi connectivity index (χ3n) is 3.73. The number of hydrogen-bond acceptors (Lipinski definition) is 8. The third kappa shape index (κ3) is 4.75. The molecule has 1 N–H and O–H groups in total. The van der Waals surface area contributed by atoms with E-state index in [4.69, 9.17) is 4.74 Å². The van der Waals surface area contributed by atoms with Crippen LogP contribution in [0.15, 0.2) is 16.8 Å². The van der Waals surface area contributed by atoms with Crippen molar-refractivity contribution in [3.8, 4) is 0 Å². The topological polar surface area (TPSA) is 89.5 Å². The first-order chi connectivity index (χ1) is 11.4. The quantitative estimate of drug-likeness (QED) is 0.466. The molecule has 1 aromatic rings. The summed E-state index contributed by atoms with van der Waals surface area (Å²) in [7, 11) is 0. The minimum Gasteiger partial charge on any atom is -0.392 e. The van der Waals surface area contributed by atoms with Crippen molar-refractivity contribution in [1.29, 1.82) is 0 Å². The van der Waals surface area contributed by atoms with E-state index in [0.29, 0.717) is 18.5 Å². The lowest BCUT2D eigenvalue weighted by Gasteiger charge is -2.20. The Bertz CT molecular complexity index is 622. The Morgan fingerprint density at radius 2 is 2.12 bits per heavy atom. The highest BCUT2D eigenvalue weighted by atomic mass is 32.2. The molecule has 2 unspecified atom stereocenters. The number of rotatable bonds is 6. The normalized spacial score (nSPS) is 19.5. The Balaban J connectivity index is 2.06. The predicted molar refractivity (Wildman–Crippen MR) is 92.0 cm³/mol. The fraction of sp³-hybridized carbons (Fsp3) is 0.500. The lowest BCUT2D eigenvalue weighted by Crippen LogP contribution is -2.38. The van der Waals surface area contributed by atoms with Crippen LogP contribution in [0.3, 0.4) is 0 Å². The van der Waals surface area contributed by atoms with Gasteiger partial charge in [0.2, 0.25) is 0 Å². The van der Waals surface area contributed by atoms with Gasteiger partial charge in [0.1, 0.15) is 6.04 Å². The molecule has 24 heavy (non-hydrogen) atoms. The van der Waals surface area contributed by atoms with Crippen molar-refractivity contribution < 1.29 is 23.9 Å². The maximum Gasteiger partial charge on any atom is 0.330 e. The van der Waals surface area contributed by atoms with Crippen LogP contribution in [-0.2, 0) is 19.1 Å². The number of hydrogen-bond donors (Lipinski definition) is 1. The minimum atomic E-state index is -0.908. The third-order valence-corrected chi connectivity index (χ3v) is 5.62. The van der Waals surface area contributed by atoms with Crippen molar-refractivity contribution in [2.75, 3.05) is 6.54 Å². The molecule has 2 rings (SSSR count). The maximum atomic E-state index is 12.6. The molecule has 1 aliphatic heterocycles. The number of esters is 2. The summed E-state index contributed by atoms with van der Waals surface area (Å²) in [4.78, 5) is 48.2. The van der Waals surface area contributed by atoms with Gasteiger partial charge in [-0.15, -0.1) is 0 Å². The Labute approximate surface area is 148 Å². The standard InChI is InChI=1S/C16H19NO5S2/c1-9(15(20)22-16(21)12-4-3-6-17-12)14(24-10(2)18)13(19)11-5-7-23-8-11/h5,7-9,12,14,17H,3-4,6H2,1-2H3/t9?,12-,14?/m0/s1. The molecule has 0 aromatic carbocycles. The second-order valence-corrected chi connectivity index (χ2v) is 7.68. The molecule has 0 amide bonds. The first kappa shape index (κ1) is 18.8. The number of Topliss-reactive ketones (excluding diaryl/α,β-unsaturated/α-hetero) is 1. The van der Waals surface area contributed by atoms with Gasteiger partial charge in [-0.25, -0.2) is 4.79 Å². The van der Waals surface area contributed by atoms with E-state index < -0.39 is 29.1 Å². The molecule has 6 nitrogen and oxygen atoms in total. The van der Waals surface area contributed by atoms with Crippen LogP contribution in [0.4, 0.5) is 0 Å². The molecule has 0 aliphatic carbocycles. The Hall–Kier alpha value is -1.51. The fourth-order valence-corrected chi connectivity index (χ4v) is 3.96. The number of ether oxygens (including phenoxy) is 1. The Kier molecular flexibility index (Phi) is 6.70. The van der Waals surface area contributed by atoms with E-state index in [1.165, 1.54) is 25.2 Å². The number of carbonyl (C=O) groups excluding carboxylic acids is 4. The van der Waals surface area contributed by atoms with Crippen LogP contribution in [-0.4, -0.2) is 40.7 Å². The van der Waals surface area contributed by atoms with Crippen LogP contribution in [0, 0.1) is 5.92 Å². The van der Waals surface area contributed by atoms with Gasteiger partial charge in [0.15, 0.2) is 10.9 Å².